The van der Waals surface area contributed by atoms with E-state index in [-0.39, 0.29) is 17.2 Å². The maximum Gasteiger partial charge on any atom is 0.230 e. The normalized spacial score (nSPS) is 11.4. The fraction of sp³-hybridized carbons (Fsp3) is 0.500. The molecule has 0 atom stereocenters. The second kappa shape index (κ2) is 7.65. The Morgan fingerprint density at radius 1 is 1.42 bits per heavy atom. The molecule has 1 N–H and O–H groups in total. The molecule has 7 nitrogen and oxygen atoms in total. The Balaban J connectivity index is 2.14. The van der Waals surface area contributed by atoms with Gasteiger partial charge in [0.05, 0.1) is 12.9 Å². The van der Waals surface area contributed by atoms with Crippen molar-refractivity contribution in [2.75, 3.05) is 12.9 Å². The van der Waals surface area contributed by atoms with Crippen molar-refractivity contribution in [2.45, 2.75) is 44.8 Å². The lowest BCUT2D eigenvalue weighted by Gasteiger charge is -2.24. The smallest absolute Gasteiger partial charge is 0.230 e. The average Bonchev–Trinajstić information content (AvgIpc) is 3.01. The molecule has 8 heteroatoms. The molecule has 130 valence electrons. The van der Waals surface area contributed by atoms with E-state index in [1.807, 2.05) is 45.9 Å². The van der Waals surface area contributed by atoms with Crippen molar-refractivity contribution >= 4 is 17.7 Å². The number of aryl methyl sites for hydroxylation is 1. The summed E-state index contributed by atoms with van der Waals surface area (Å²) in [5, 5.41) is 15.3. The highest BCUT2D eigenvalue weighted by molar-refractivity contribution is 7.99. The number of aromatic nitrogens is 4. The van der Waals surface area contributed by atoms with Gasteiger partial charge >= 0.3 is 0 Å². The Labute approximate surface area is 146 Å². The number of ether oxygens (including phenoxy) is 1. The molecule has 0 aliphatic rings. The van der Waals surface area contributed by atoms with E-state index in [1.54, 1.807) is 11.8 Å². The van der Waals surface area contributed by atoms with E-state index in [9.17, 15) is 4.79 Å². The third kappa shape index (κ3) is 4.47. The van der Waals surface area contributed by atoms with Crippen molar-refractivity contribution in [1.82, 2.24) is 25.5 Å². The van der Waals surface area contributed by atoms with Crippen LogP contribution in [0, 0.1) is 6.92 Å². The molecule has 1 heterocycles. The van der Waals surface area contributed by atoms with Gasteiger partial charge in [-0.25, -0.2) is 0 Å². The number of amides is 1. The molecular weight excluding hydrogens is 326 g/mol. The summed E-state index contributed by atoms with van der Waals surface area (Å²) in [5.41, 5.74) is 1.60. The van der Waals surface area contributed by atoms with Crippen LogP contribution in [0.4, 0.5) is 0 Å². The fourth-order valence-corrected chi connectivity index (χ4v) is 2.70. The van der Waals surface area contributed by atoms with E-state index < -0.39 is 0 Å². The third-order valence-corrected chi connectivity index (χ3v) is 4.62. The van der Waals surface area contributed by atoms with Gasteiger partial charge in [0.25, 0.3) is 0 Å². The lowest BCUT2D eigenvalue weighted by Crippen LogP contribution is -2.43. The molecule has 0 aliphatic heterocycles. The van der Waals surface area contributed by atoms with Gasteiger partial charge in [0.15, 0.2) is 0 Å². The van der Waals surface area contributed by atoms with Crippen molar-refractivity contribution in [3.05, 3.63) is 23.8 Å². The number of methoxy groups -OCH3 is 1. The number of tetrazole rings is 1. The third-order valence-electron chi connectivity index (χ3n) is 3.70. The zero-order valence-electron chi connectivity index (χ0n) is 14.7. The SMILES string of the molecule is CCC(C)(C)NC(=O)CSc1nnnn1-c1cc(C)ccc1OC. The number of carbonyl (C=O) groups is 1. The zero-order chi connectivity index (χ0) is 17.7. The number of thioether (sulfide) groups is 1. The summed E-state index contributed by atoms with van der Waals surface area (Å²) < 4.78 is 6.97. The number of benzene rings is 1. The summed E-state index contributed by atoms with van der Waals surface area (Å²) >= 11 is 1.29. The van der Waals surface area contributed by atoms with Gasteiger partial charge in [-0.3, -0.25) is 4.79 Å². The van der Waals surface area contributed by atoms with Crippen molar-refractivity contribution < 1.29 is 9.53 Å². The molecule has 1 amide bonds. The van der Waals surface area contributed by atoms with Gasteiger partial charge in [-0.1, -0.05) is 24.8 Å². The van der Waals surface area contributed by atoms with E-state index in [0.717, 1.165) is 17.7 Å². The minimum absolute atomic E-state index is 0.0439. The van der Waals surface area contributed by atoms with Crippen LogP contribution in [0.5, 0.6) is 5.75 Å². The van der Waals surface area contributed by atoms with Gasteiger partial charge in [-0.05, 0) is 55.3 Å². The van der Waals surface area contributed by atoms with Gasteiger partial charge in [0.2, 0.25) is 11.1 Å². The Kier molecular flexibility index (Phi) is 5.82. The minimum atomic E-state index is -0.219. The van der Waals surface area contributed by atoms with Gasteiger partial charge in [0.1, 0.15) is 11.4 Å². The van der Waals surface area contributed by atoms with E-state index >= 15 is 0 Å². The predicted octanol–water partition coefficient (Wildman–Crippen LogP) is 2.38. The second-order valence-corrected chi connectivity index (χ2v) is 7.07. The van der Waals surface area contributed by atoms with Crippen LogP contribution in [-0.2, 0) is 4.79 Å². The standard InChI is InChI=1S/C16H23N5O2S/c1-6-16(3,4)17-14(22)10-24-15-18-19-20-21(15)12-9-11(2)7-8-13(12)23-5/h7-9H,6,10H2,1-5H3,(H,17,22). The average molecular weight is 349 g/mol. The van der Waals surface area contributed by atoms with Crippen LogP contribution in [0.1, 0.15) is 32.8 Å². The number of nitrogens with one attached hydrogen (secondary N) is 1. The van der Waals surface area contributed by atoms with Crippen LogP contribution in [0.3, 0.4) is 0 Å². The molecule has 24 heavy (non-hydrogen) atoms. The van der Waals surface area contributed by atoms with Gasteiger partial charge in [0, 0.05) is 5.54 Å². The van der Waals surface area contributed by atoms with E-state index in [0.29, 0.717) is 10.9 Å². The highest BCUT2D eigenvalue weighted by atomic mass is 32.2. The first-order valence-electron chi connectivity index (χ1n) is 7.73. The maximum absolute atomic E-state index is 12.1. The summed E-state index contributed by atoms with van der Waals surface area (Å²) in [6.45, 7) is 8.02. The summed E-state index contributed by atoms with van der Waals surface area (Å²) in [7, 11) is 1.60. The molecule has 0 unspecified atom stereocenters. The highest BCUT2D eigenvalue weighted by Gasteiger charge is 2.19. The second-order valence-electron chi connectivity index (χ2n) is 6.12. The van der Waals surface area contributed by atoms with Crippen LogP contribution in [0.25, 0.3) is 5.69 Å². The highest BCUT2D eigenvalue weighted by Crippen LogP contribution is 2.26. The lowest BCUT2D eigenvalue weighted by molar-refractivity contribution is -0.120. The Bertz CT molecular complexity index is 714. The molecule has 2 aromatic rings. The molecule has 0 saturated carbocycles. The first-order valence-corrected chi connectivity index (χ1v) is 8.72. The van der Waals surface area contributed by atoms with Crippen LogP contribution < -0.4 is 10.1 Å². The largest absolute Gasteiger partial charge is 0.494 e. The topological polar surface area (TPSA) is 81.9 Å². The summed E-state index contributed by atoms with van der Waals surface area (Å²) in [4.78, 5) is 12.1. The summed E-state index contributed by atoms with van der Waals surface area (Å²) in [6, 6.07) is 5.77. The van der Waals surface area contributed by atoms with Crippen molar-refractivity contribution in [2.24, 2.45) is 0 Å². The van der Waals surface area contributed by atoms with Crippen LogP contribution in [0.15, 0.2) is 23.4 Å². The van der Waals surface area contributed by atoms with Crippen LogP contribution in [-0.4, -0.2) is 44.5 Å². The maximum atomic E-state index is 12.1. The predicted molar refractivity (Wildman–Crippen MR) is 93.7 cm³/mol. The van der Waals surface area contributed by atoms with Crippen LogP contribution >= 0.6 is 11.8 Å². The number of hydrogen-bond acceptors (Lipinski definition) is 6. The number of carbonyl (C=O) groups excluding carboxylic acids is 1. The molecule has 0 spiro atoms. The van der Waals surface area contributed by atoms with E-state index in [1.165, 1.54) is 11.8 Å². The molecule has 1 aromatic heterocycles. The molecule has 0 aliphatic carbocycles. The van der Waals surface area contributed by atoms with Crippen molar-refractivity contribution in [3.63, 3.8) is 0 Å². The zero-order valence-corrected chi connectivity index (χ0v) is 15.5. The first-order chi connectivity index (χ1) is 11.4. The molecule has 2 rings (SSSR count). The van der Waals surface area contributed by atoms with Gasteiger partial charge in [-0.2, -0.15) is 4.68 Å². The van der Waals surface area contributed by atoms with Gasteiger partial charge in [-0.15, -0.1) is 5.10 Å². The summed E-state index contributed by atoms with van der Waals surface area (Å²) in [6.07, 6.45) is 0.863. The summed E-state index contributed by atoms with van der Waals surface area (Å²) in [5.74, 6) is 0.877. The van der Waals surface area contributed by atoms with E-state index in [4.69, 9.17) is 4.74 Å². The monoisotopic (exact) mass is 349 g/mol. The van der Waals surface area contributed by atoms with Crippen molar-refractivity contribution in [3.8, 4) is 11.4 Å². The molecule has 0 radical (unpaired) electrons. The number of hydrogen-bond donors (Lipinski definition) is 1. The molecular formula is C16H23N5O2S. The number of nitrogens with zero attached hydrogens (tertiary/aromatic N) is 4. The Hall–Kier alpha value is -2.09. The lowest BCUT2D eigenvalue weighted by atomic mass is 10.0. The molecule has 1 aromatic carbocycles. The molecule has 0 fully saturated rings. The fourth-order valence-electron chi connectivity index (χ4n) is 2.02. The van der Waals surface area contributed by atoms with E-state index in [2.05, 4.69) is 20.8 Å². The Morgan fingerprint density at radius 3 is 2.83 bits per heavy atom. The molecule has 0 saturated heterocycles. The van der Waals surface area contributed by atoms with Crippen molar-refractivity contribution in [1.29, 1.82) is 0 Å². The Morgan fingerprint density at radius 2 is 2.17 bits per heavy atom. The minimum Gasteiger partial charge on any atom is -0.494 e. The van der Waals surface area contributed by atoms with Gasteiger partial charge < -0.3 is 10.1 Å². The molecule has 0 bridgehead atoms. The quantitative estimate of drug-likeness (QED) is 0.773. The first kappa shape index (κ1) is 18.3. The number of rotatable bonds is 7. The van der Waals surface area contributed by atoms with Crippen LogP contribution in [0.2, 0.25) is 0 Å².